The van der Waals surface area contributed by atoms with Crippen LogP contribution < -0.4 is 0 Å². The summed E-state index contributed by atoms with van der Waals surface area (Å²) in [4.78, 5) is 13.2. The number of rotatable bonds is 2. The van der Waals surface area contributed by atoms with Crippen molar-refractivity contribution in [2.75, 3.05) is 26.3 Å². The number of amides is 1. The fourth-order valence-corrected chi connectivity index (χ4v) is 2.01. The molecule has 1 aromatic rings. The van der Waals surface area contributed by atoms with Gasteiger partial charge in [-0.1, -0.05) is 0 Å². The van der Waals surface area contributed by atoms with Gasteiger partial charge in [0.1, 0.15) is 6.61 Å². The van der Waals surface area contributed by atoms with Gasteiger partial charge in [0.05, 0.1) is 13.2 Å². The first-order chi connectivity index (χ1) is 7.36. The first-order valence-corrected chi connectivity index (χ1v) is 5.81. The number of carbonyl (C=O) groups excluding carboxylic acids is 1. The summed E-state index contributed by atoms with van der Waals surface area (Å²) in [6, 6.07) is 1.96. The second-order valence-corrected chi connectivity index (χ2v) is 4.07. The van der Waals surface area contributed by atoms with Crippen LogP contribution in [-0.2, 0) is 16.1 Å². The summed E-state index contributed by atoms with van der Waals surface area (Å²) in [6.45, 7) is 2.83. The monoisotopic (exact) mass is 227 g/mol. The van der Waals surface area contributed by atoms with Crippen LogP contribution in [0.4, 0.5) is 4.79 Å². The molecule has 1 aromatic heterocycles. The van der Waals surface area contributed by atoms with Crippen LogP contribution in [0.2, 0.25) is 0 Å². The van der Waals surface area contributed by atoms with Gasteiger partial charge in [0, 0.05) is 18.7 Å². The number of morpholine rings is 1. The van der Waals surface area contributed by atoms with Gasteiger partial charge < -0.3 is 14.4 Å². The van der Waals surface area contributed by atoms with Crippen LogP contribution >= 0.6 is 11.3 Å². The zero-order valence-electron chi connectivity index (χ0n) is 8.35. The minimum Gasteiger partial charge on any atom is -0.445 e. The van der Waals surface area contributed by atoms with E-state index in [2.05, 4.69) is 0 Å². The Morgan fingerprint density at radius 1 is 1.53 bits per heavy atom. The van der Waals surface area contributed by atoms with Gasteiger partial charge in [-0.3, -0.25) is 0 Å². The van der Waals surface area contributed by atoms with Gasteiger partial charge in [-0.15, -0.1) is 0 Å². The quantitative estimate of drug-likeness (QED) is 0.772. The van der Waals surface area contributed by atoms with E-state index in [4.69, 9.17) is 9.47 Å². The highest BCUT2D eigenvalue weighted by atomic mass is 32.1. The molecule has 1 saturated heterocycles. The van der Waals surface area contributed by atoms with E-state index in [1.165, 1.54) is 0 Å². The third-order valence-electron chi connectivity index (χ3n) is 2.21. The Kier molecular flexibility index (Phi) is 3.58. The molecule has 4 nitrogen and oxygen atoms in total. The summed E-state index contributed by atoms with van der Waals surface area (Å²) in [5, 5.41) is 3.95. The highest BCUT2D eigenvalue weighted by Gasteiger charge is 2.17. The maximum Gasteiger partial charge on any atom is 0.410 e. The SMILES string of the molecule is O=C(OCc1ccsc1)N1CCOCC1. The van der Waals surface area contributed by atoms with Crippen molar-refractivity contribution < 1.29 is 14.3 Å². The Labute approximate surface area is 92.4 Å². The summed E-state index contributed by atoms with van der Waals surface area (Å²) in [5.74, 6) is 0. The Hall–Kier alpha value is -1.07. The van der Waals surface area contributed by atoms with Crippen LogP contribution in [0.3, 0.4) is 0 Å². The molecular formula is C10H13NO3S. The molecule has 0 aliphatic carbocycles. The van der Waals surface area contributed by atoms with Crippen molar-refractivity contribution in [2.24, 2.45) is 0 Å². The standard InChI is InChI=1S/C10H13NO3S/c12-10(11-2-4-13-5-3-11)14-7-9-1-6-15-8-9/h1,6,8H,2-5,7H2. The summed E-state index contributed by atoms with van der Waals surface area (Å²) < 4.78 is 10.3. The first kappa shape index (κ1) is 10.4. The van der Waals surface area contributed by atoms with E-state index in [0.717, 1.165) is 5.56 Å². The second-order valence-electron chi connectivity index (χ2n) is 3.29. The molecule has 2 rings (SSSR count). The highest BCUT2D eigenvalue weighted by Crippen LogP contribution is 2.08. The van der Waals surface area contributed by atoms with Gasteiger partial charge in [-0.2, -0.15) is 11.3 Å². The van der Waals surface area contributed by atoms with Gasteiger partial charge in [-0.05, 0) is 16.8 Å². The minimum absolute atomic E-state index is 0.246. The van der Waals surface area contributed by atoms with Crippen molar-refractivity contribution in [3.63, 3.8) is 0 Å². The van der Waals surface area contributed by atoms with E-state index in [-0.39, 0.29) is 6.09 Å². The average Bonchev–Trinajstić information content (AvgIpc) is 2.80. The summed E-state index contributed by atoms with van der Waals surface area (Å²) in [7, 11) is 0. The summed E-state index contributed by atoms with van der Waals surface area (Å²) in [5.41, 5.74) is 1.04. The van der Waals surface area contributed by atoms with Crippen LogP contribution in [-0.4, -0.2) is 37.3 Å². The number of nitrogens with zero attached hydrogens (tertiary/aromatic N) is 1. The Morgan fingerprint density at radius 3 is 3.00 bits per heavy atom. The van der Waals surface area contributed by atoms with Gasteiger partial charge >= 0.3 is 6.09 Å². The second kappa shape index (κ2) is 5.14. The largest absolute Gasteiger partial charge is 0.445 e. The molecule has 0 saturated carbocycles. The molecule has 5 heteroatoms. The lowest BCUT2D eigenvalue weighted by molar-refractivity contribution is 0.0250. The van der Waals surface area contributed by atoms with Gasteiger partial charge in [0.15, 0.2) is 0 Å². The molecule has 0 bridgehead atoms. The number of hydrogen-bond acceptors (Lipinski definition) is 4. The predicted molar refractivity (Wildman–Crippen MR) is 56.9 cm³/mol. The van der Waals surface area contributed by atoms with E-state index in [1.54, 1.807) is 16.2 Å². The molecule has 0 spiro atoms. The minimum atomic E-state index is -0.246. The van der Waals surface area contributed by atoms with Gasteiger partial charge in [0.2, 0.25) is 0 Å². The lowest BCUT2D eigenvalue weighted by Gasteiger charge is -2.25. The van der Waals surface area contributed by atoms with Gasteiger partial charge in [-0.25, -0.2) is 4.79 Å². The maximum absolute atomic E-state index is 11.5. The maximum atomic E-state index is 11.5. The molecule has 1 aliphatic heterocycles. The van der Waals surface area contributed by atoms with E-state index in [1.807, 2.05) is 16.8 Å². The Bertz CT molecular complexity index is 306. The molecular weight excluding hydrogens is 214 g/mol. The van der Waals surface area contributed by atoms with Crippen molar-refractivity contribution in [3.05, 3.63) is 22.4 Å². The lowest BCUT2D eigenvalue weighted by Crippen LogP contribution is -2.40. The summed E-state index contributed by atoms with van der Waals surface area (Å²) in [6.07, 6.45) is -0.246. The van der Waals surface area contributed by atoms with Crippen LogP contribution in [0.15, 0.2) is 16.8 Å². The third-order valence-corrected chi connectivity index (χ3v) is 2.94. The molecule has 0 aromatic carbocycles. The molecule has 0 atom stereocenters. The van der Waals surface area contributed by atoms with Crippen molar-refractivity contribution in [1.29, 1.82) is 0 Å². The predicted octanol–water partition coefficient (Wildman–Crippen LogP) is 1.72. The normalized spacial score (nSPS) is 16.4. The molecule has 1 aliphatic rings. The zero-order valence-corrected chi connectivity index (χ0v) is 9.16. The third kappa shape index (κ3) is 2.94. The topological polar surface area (TPSA) is 38.8 Å². The van der Waals surface area contributed by atoms with Crippen molar-refractivity contribution in [2.45, 2.75) is 6.61 Å². The number of thiophene rings is 1. The molecule has 1 fully saturated rings. The fourth-order valence-electron chi connectivity index (χ4n) is 1.36. The molecule has 1 amide bonds. The molecule has 2 heterocycles. The molecule has 15 heavy (non-hydrogen) atoms. The van der Waals surface area contributed by atoms with E-state index >= 15 is 0 Å². The lowest BCUT2D eigenvalue weighted by atomic mass is 10.4. The number of carbonyl (C=O) groups is 1. The van der Waals surface area contributed by atoms with Crippen LogP contribution in [0.5, 0.6) is 0 Å². The van der Waals surface area contributed by atoms with E-state index in [0.29, 0.717) is 32.9 Å². The number of hydrogen-bond donors (Lipinski definition) is 0. The van der Waals surface area contributed by atoms with Crippen LogP contribution in [0.1, 0.15) is 5.56 Å². The summed E-state index contributed by atoms with van der Waals surface area (Å²) >= 11 is 1.60. The van der Waals surface area contributed by atoms with Crippen LogP contribution in [0, 0.1) is 0 Å². The Morgan fingerprint density at radius 2 is 2.33 bits per heavy atom. The molecule has 0 radical (unpaired) electrons. The van der Waals surface area contributed by atoms with Crippen LogP contribution in [0.25, 0.3) is 0 Å². The van der Waals surface area contributed by atoms with Gasteiger partial charge in [0.25, 0.3) is 0 Å². The first-order valence-electron chi connectivity index (χ1n) is 4.87. The van der Waals surface area contributed by atoms with E-state index < -0.39 is 0 Å². The smallest absolute Gasteiger partial charge is 0.410 e. The molecule has 82 valence electrons. The number of ether oxygens (including phenoxy) is 2. The molecule has 0 N–H and O–H groups in total. The highest BCUT2D eigenvalue weighted by molar-refractivity contribution is 7.07. The van der Waals surface area contributed by atoms with E-state index in [9.17, 15) is 4.79 Å². The fraction of sp³-hybridized carbons (Fsp3) is 0.500. The zero-order chi connectivity index (χ0) is 10.5. The van der Waals surface area contributed by atoms with Crippen molar-refractivity contribution in [3.8, 4) is 0 Å². The Balaban J connectivity index is 1.76. The average molecular weight is 227 g/mol. The van der Waals surface area contributed by atoms with Crippen molar-refractivity contribution >= 4 is 17.4 Å². The molecule has 0 unspecified atom stereocenters. The van der Waals surface area contributed by atoms with Crippen molar-refractivity contribution in [1.82, 2.24) is 4.90 Å².